The van der Waals surface area contributed by atoms with Crippen LogP contribution in [-0.4, -0.2) is 20.0 Å². The number of hydrazone groups is 1. The van der Waals surface area contributed by atoms with Crippen LogP contribution in [0.15, 0.2) is 58.5 Å². The monoisotopic (exact) mass is 421 g/mol. The minimum atomic E-state index is -3.89. The predicted molar refractivity (Wildman–Crippen MR) is 113 cm³/mol. The molecule has 0 heterocycles. The van der Waals surface area contributed by atoms with Crippen molar-refractivity contribution in [2.75, 3.05) is 4.72 Å². The molecular formula is C20H24ClN3O3S. The van der Waals surface area contributed by atoms with Gasteiger partial charge in [-0.2, -0.15) is 5.10 Å². The summed E-state index contributed by atoms with van der Waals surface area (Å²) in [6, 6.07) is 12.3. The third kappa shape index (κ3) is 6.07. The second-order valence-electron chi connectivity index (χ2n) is 6.23. The highest BCUT2D eigenvalue weighted by Crippen LogP contribution is 2.24. The van der Waals surface area contributed by atoms with E-state index >= 15 is 0 Å². The fourth-order valence-electron chi connectivity index (χ4n) is 2.56. The quantitative estimate of drug-likeness (QED) is 0.449. The van der Waals surface area contributed by atoms with Gasteiger partial charge in [0.1, 0.15) is 0 Å². The fraction of sp³-hybridized carbons (Fsp3) is 0.300. The summed E-state index contributed by atoms with van der Waals surface area (Å²) < 4.78 is 27.7. The molecule has 0 aliphatic rings. The summed E-state index contributed by atoms with van der Waals surface area (Å²) >= 11 is 6.02. The molecule has 2 N–H and O–H groups in total. The van der Waals surface area contributed by atoms with Crippen molar-refractivity contribution in [3.63, 3.8) is 0 Å². The minimum absolute atomic E-state index is 0.0358. The maximum Gasteiger partial charge on any atom is 0.271 e. The van der Waals surface area contributed by atoms with Crippen LogP contribution in [0, 0.1) is 0 Å². The van der Waals surface area contributed by atoms with E-state index in [-0.39, 0.29) is 21.2 Å². The van der Waals surface area contributed by atoms with Crippen molar-refractivity contribution >= 4 is 38.9 Å². The molecule has 150 valence electrons. The summed E-state index contributed by atoms with van der Waals surface area (Å²) in [4.78, 5) is 12.4. The minimum Gasteiger partial charge on any atom is -0.278 e. The number of nitrogens with one attached hydrogen (secondary N) is 2. The summed E-state index contributed by atoms with van der Waals surface area (Å²) in [7, 11) is -3.89. The van der Waals surface area contributed by atoms with E-state index in [1.165, 1.54) is 18.2 Å². The highest BCUT2D eigenvalue weighted by Gasteiger charge is 2.17. The van der Waals surface area contributed by atoms with E-state index in [1.54, 1.807) is 30.3 Å². The smallest absolute Gasteiger partial charge is 0.271 e. The van der Waals surface area contributed by atoms with Crippen LogP contribution in [0.25, 0.3) is 0 Å². The molecular weight excluding hydrogens is 398 g/mol. The van der Waals surface area contributed by atoms with E-state index in [2.05, 4.69) is 15.2 Å². The van der Waals surface area contributed by atoms with Gasteiger partial charge < -0.3 is 0 Å². The molecule has 0 bridgehead atoms. The van der Waals surface area contributed by atoms with Crippen molar-refractivity contribution in [2.45, 2.75) is 44.4 Å². The van der Waals surface area contributed by atoms with E-state index in [9.17, 15) is 13.2 Å². The number of hydrogen-bond acceptors (Lipinski definition) is 4. The first kappa shape index (κ1) is 21.9. The Bertz CT molecular complexity index is 951. The lowest BCUT2D eigenvalue weighted by molar-refractivity contribution is 0.0954. The molecule has 0 saturated carbocycles. The van der Waals surface area contributed by atoms with Crippen molar-refractivity contribution < 1.29 is 13.2 Å². The number of benzene rings is 2. The van der Waals surface area contributed by atoms with Crippen LogP contribution in [0.3, 0.4) is 0 Å². The number of halogens is 1. The Hall–Kier alpha value is -2.38. The molecule has 2 rings (SSSR count). The van der Waals surface area contributed by atoms with E-state index in [0.29, 0.717) is 0 Å². The van der Waals surface area contributed by atoms with Gasteiger partial charge in [0.2, 0.25) is 0 Å². The van der Waals surface area contributed by atoms with Gasteiger partial charge in [0.25, 0.3) is 15.9 Å². The summed E-state index contributed by atoms with van der Waals surface area (Å²) in [6.07, 6.45) is 3.50. The Morgan fingerprint density at radius 2 is 1.71 bits per heavy atom. The molecule has 0 aromatic heterocycles. The van der Waals surface area contributed by atoms with Gasteiger partial charge >= 0.3 is 0 Å². The molecule has 0 spiro atoms. The molecule has 8 heteroatoms. The maximum atomic E-state index is 12.6. The lowest BCUT2D eigenvalue weighted by Crippen LogP contribution is -2.21. The van der Waals surface area contributed by atoms with Crippen LogP contribution in [0.2, 0.25) is 5.02 Å². The van der Waals surface area contributed by atoms with Crippen LogP contribution in [0.1, 0.15) is 49.9 Å². The van der Waals surface area contributed by atoms with Gasteiger partial charge in [-0.15, -0.1) is 0 Å². The first-order valence-electron chi connectivity index (χ1n) is 9.10. The van der Waals surface area contributed by atoms with E-state index in [1.807, 2.05) is 13.8 Å². The highest BCUT2D eigenvalue weighted by atomic mass is 35.5. The summed E-state index contributed by atoms with van der Waals surface area (Å²) in [6.45, 7) is 4.10. The van der Waals surface area contributed by atoms with Gasteiger partial charge in [-0.3, -0.25) is 9.52 Å². The average Bonchev–Trinajstić information content (AvgIpc) is 2.68. The van der Waals surface area contributed by atoms with E-state index in [0.717, 1.165) is 31.4 Å². The normalized spacial score (nSPS) is 11.0. The molecule has 28 heavy (non-hydrogen) atoms. The van der Waals surface area contributed by atoms with Gasteiger partial charge in [-0.1, -0.05) is 56.5 Å². The van der Waals surface area contributed by atoms with Crippen molar-refractivity contribution in [3.8, 4) is 0 Å². The predicted octanol–water partition coefficient (Wildman–Crippen LogP) is 4.83. The van der Waals surface area contributed by atoms with Crippen LogP contribution in [0.4, 0.5) is 5.69 Å². The van der Waals surface area contributed by atoms with Crippen molar-refractivity contribution in [1.82, 2.24) is 5.43 Å². The number of nitrogens with zero attached hydrogens (tertiary/aromatic N) is 1. The zero-order chi connectivity index (χ0) is 20.6. The number of amides is 1. The molecule has 0 unspecified atom stereocenters. The number of hydrogen-bond donors (Lipinski definition) is 2. The largest absolute Gasteiger partial charge is 0.278 e. The summed E-state index contributed by atoms with van der Waals surface area (Å²) in [5.41, 5.74) is 3.92. The van der Waals surface area contributed by atoms with Crippen molar-refractivity contribution in [3.05, 3.63) is 59.1 Å². The number of sulfonamides is 1. The lowest BCUT2D eigenvalue weighted by atomic mass is 10.1. The molecule has 1 amide bonds. The van der Waals surface area contributed by atoms with E-state index in [4.69, 9.17) is 11.6 Å². The Morgan fingerprint density at radius 1 is 1.04 bits per heavy atom. The first-order valence-corrected chi connectivity index (χ1v) is 11.0. The van der Waals surface area contributed by atoms with Crippen molar-refractivity contribution in [2.24, 2.45) is 5.10 Å². The molecule has 6 nitrogen and oxygen atoms in total. The molecule has 0 fully saturated rings. The Kier molecular flexibility index (Phi) is 8.02. The number of carbonyl (C=O) groups excluding carboxylic acids is 1. The zero-order valence-electron chi connectivity index (χ0n) is 15.9. The maximum absolute atomic E-state index is 12.6. The molecule has 2 aromatic rings. The second kappa shape index (κ2) is 10.2. The third-order valence-electron chi connectivity index (χ3n) is 3.92. The van der Waals surface area contributed by atoms with Crippen LogP contribution in [0.5, 0.6) is 0 Å². The Balaban J connectivity index is 2.19. The van der Waals surface area contributed by atoms with Gasteiger partial charge in [0.05, 0.1) is 15.6 Å². The van der Waals surface area contributed by atoms with Gasteiger partial charge in [-0.05, 0) is 43.2 Å². The number of anilines is 1. The Labute approximate surface area is 171 Å². The SMILES string of the molecule is CCCC(CCC)=NNC(=O)c1cccc(S(=O)(=O)Nc2ccccc2Cl)c1. The molecule has 0 radical (unpaired) electrons. The second-order valence-corrected chi connectivity index (χ2v) is 8.32. The Morgan fingerprint density at radius 3 is 2.36 bits per heavy atom. The highest BCUT2D eigenvalue weighted by molar-refractivity contribution is 7.92. The topological polar surface area (TPSA) is 87.6 Å². The molecule has 0 saturated heterocycles. The van der Waals surface area contributed by atoms with Crippen LogP contribution < -0.4 is 10.1 Å². The van der Waals surface area contributed by atoms with Gasteiger partial charge in [0.15, 0.2) is 0 Å². The van der Waals surface area contributed by atoms with Crippen molar-refractivity contribution in [1.29, 1.82) is 0 Å². The standard InChI is InChI=1S/C20H24ClN3O3S/c1-3-8-16(9-4-2)22-23-20(25)15-10-7-11-17(14-15)28(26,27)24-19-13-6-5-12-18(19)21/h5-7,10-14,24H,3-4,8-9H2,1-2H3,(H,23,25). The first-order chi connectivity index (χ1) is 13.4. The fourth-order valence-corrected chi connectivity index (χ4v) is 3.92. The van der Waals surface area contributed by atoms with Gasteiger partial charge in [-0.25, -0.2) is 13.8 Å². The van der Waals surface area contributed by atoms with Gasteiger partial charge in [0, 0.05) is 11.3 Å². The summed E-state index contributed by atoms with van der Waals surface area (Å²) in [5, 5.41) is 4.47. The summed E-state index contributed by atoms with van der Waals surface area (Å²) in [5.74, 6) is -0.459. The number of rotatable bonds is 9. The molecule has 0 aliphatic carbocycles. The van der Waals surface area contributed by atoms with E-state index < -0.39 is 15.9 Å². The van der Waals surface area contributed by atoms with Crippen LogP contribution >= 0.6 is 11.6 Å². The number of para-hydroxylation sites is 1. The number of carbonyl (C=O) groups is 1. The zero-order valence-corrected chi connectivity index (χ0v) is 17.5. The molecule has 2 aromatic carbocycles. The average molecular weight is 422 g/mol. The third-order valence-corrected chi connectivity index (χ3v) is 5.61. The van der Waals surface area contributed by atoms with Crippen LogP contribution in [-0.2, 0) is 10.0 Å². The lowest BCUT2D eigenvalue weighted by Gasteiger charge is -2.10. The molecule has 0 aliphatic heterocycles. The molecule has 0 atom stereocenters.